The van der Waals surface area contributed by atoms with E-state index in [4.69, 9.17) is 10.3 Å². The largest absolute Gasteiger partial charge is 0.485 e. The van der Waals surface area contributed by atoms with Crippen LogP contribution < -0.4 is 0 Å². The van der Waals surface area contributed by atoms with Crippen LogP contribution in [0.5, 0.6) is 0 Å². The van der Waals surface area contributed by atoms with E-state index in [0.29, 0.717) is 0 Å². The Morgan fingerprint density at radius 1 is 1.69 bits per heavy atom. The third-order valence-electron chi connectivity index (χ3n) is 2.15. The first-order valence-electron chi connectivity index (χ1n) is 4.36. The summed E-state index contributed by atoms with van der Waals surface area (Å²) in [6.07, 6.45) is 2.47. The van der Waals surface area contributed by atoms with E-state index >= 15 is 0 Å². The summed E-state index contributed by atoms with van der Waals surface area (Å²) in [4.78, 5) is 24.1. The SMILES string of the molecule is COC1=C([N+](=O)[O-])C=CC(C(C)=O)C1=[N+]=[N-]. The van der Waals surface area contributed by atoms with Crippen LogP contribution in [0.4, 0.5) is 0 Å². The molecule has 0 aliphatic heterocycles. The van der Waals surface area contributed by atoms with Gasteiger partial charge in [0.2, 0.25) is 0 Å². The zero-order chi connectivity index (χ0) is 12.3. The molecule has 1 aliphatic rings. The lowest BCUT2D eigenvalue weighted by Crippen LogP contribution is -2.28. The molecule has 0 aromatic heterocycles. The molecule has 0 saturated carbocycles. The van der Waals surface area contributed by atoms with Gasteiger partial charge in [0.25, 0.3) is 5.76 Å². The van der Waals surface area contributed by atoms with E-state index < -0.39 is 10.8 Å². The first kappa shape index (κ1) is 11.8. The number of carbonyl (C=O) groups is 1. The fourth-order valence-electron chi connectivity index (χ4n) is 1.42. The Kier molecular flexibility index (Phi) is 3.32. The monoisotopic (exact) mass is 223 g/mol. The molecule has 16 heavy (non-hydrogen) atoms. The van der Waals surface area contributed by atoms with E-state index in [1.54, 1.807) is 0 Å². The molecule has 0 saturated heterocycles. The van der Waals surface area contributed by atoms with Gasteiger partial charge in [0, 0.05) is 6.08 Å². The van der Waals surface area contributed by atoms with Crippen molar-refractivity contribution < 1.29 is 19.2 Å². The van der Waals surface area contributed by atoms with E-state index in [1.165, 1.54) is 26.2 Å². The van der Waals surface area contributed by atoms with Crippen LogP contribution in [-0.2, 0) is 9.53 Å². The molecule has 7 nitrogen and oxygen atoms in total. The first-order chi connectivity index (χ1) is 7.52. The van der Waals surface area contributed by atoms with E-state index in [-0.39, 0.29) is 23.0 Å². The summed E-state index contributed by atoms with van der Waals surface area (Å²) >= 11 is 0. The fraction of sp³-hybridized carbons (Fsp3) is 0.333. The van der Waals surface area contributed by atoms with Crippen molar-refractivity contribution in [2.75, 3.05) is 7.11 Å². The second-order valence-corrected chi connectivity index (χ2v) is 3.11. The number of rotatable bonds is 3. The topological polar surface area (TPSA) is 106 Å². The van der Waals surface area contributed by atoms with Crippen molar-refractivity contribution in [3.05, 3.63) is 39.3 Å². The smallest absolute Gasteiger partial charge is 0.354 e. The van der Waals surface area contributed by atoms with Gasteiger partial charge in [0.05, 0.1) is 12.0 Å². The molecular formula is C9H9N3O4. The standard InChI is InChI=1S/C9H9N3O4/c1-5(13)6-3-4-7(12(14)15)9(16-2)8(6)11-10/h3-4,6H,1-2H3. The molecule has 0 amide bonds. The maximum atomic E-state index is 11.2. The molecule has 0 bridgehead atoms. The zero-order valence-corrected chi connectivity index (χ0v) is 8.71. The number of hydrogen-bond donors (Lipinski definition) is 0. The van der Waals surface area contributed by atoms with Gasteiger partial charge in [-0.15, -0.1) is 0 Å². The summed E-state index contributed by atoms with van der Waals surface area (Å²) in [7, 11) is 1.21. The van der Waals surface area contributed by atoms with Crippen molar-refractivity contribution in [1.82, 2.24) is 0 Å². The van der Waals surface area contributed by atoms with E-state index in [2.05, 4.69) is 4.79 Å². The molecule has 0 aromatic rings. The summed E-state index contributed by atoms with van der Waals surface area (Å²) in [5, 5.41) is 10.7. The van der Waals surface area contributed by atoms with Crippen LogP contribution in [0.15, 0.2) is 23.6 Å². The molecule has 0 heterocycles. The summed E-state index contributed by atoms with van der Waals surface area (Å²) in [5.74, 6) is -1.31. The minimum Gasteiger partial charge on any atom is -0.485 e. The van der Waals surface area contributed by atoms with Gasteiger partial charge in [-0.05, 0) is 6.92 Å². The molecule has 0 N–H and O–H groups in total. The van der Waals surface area contributed by atoms with Crippen molar-refractivity contribution in [2.45, 2.75) is 6.92 Å². The maximum absolute atomic E-state index is 11.2. The van der Waals surface area contributed by atoms with Crippen LogP contribution in [0, 0.1) is 16.0 Å². The molecular weight excluding hydrogens is 214 g/mol. The fourth-order valence-corrected chi connectivity index (χ4v) is 1.42. The molecule has 0 spiro atoms. The van der Waals surface area contributed by atoms with Gasteiger partial charge in [0.1, 0.15) is 11.7 Å². The van der Waals surface area contributed by atoms with Gasteiger partial charge < -0.3 is 10.3 Å². The number of carbonyl (C=O) groups excluding carboxylic acids is 1. The van der Waals surface area contributed by atoms with Gasteiger partial charge in [-0.2, -0.15) is 4.79 Å². The summed E-state index contributed by atoms with van der Waals surface area (Å²) in [5.41, 5.74) is 8.29. The minimum absolute atomic E-state index is 0.149. The van der Waals surface area contributed by atoms with Crippen molar-refractivity contribution in [3.8, 4) is 0 Å². The third-order valence-corrected chi connectivity index (χ3v) is 2.15. The highest BCUT2D eigenvalue weighted by Crippen LogP contribution is 2.21. The molecule has 1 unspecified atom stereocenters. The lowest BCUT2D eigenvalue weighted by Gasteiger charge is -2.10. The number of nitrogens with zero attached hydrogens (tertiary/aromatic N) is 3. The average molecular weight is 223 g/mol. The Bertz CT molecular complexity index is 457. The van der Waals surface area contributed by atoms with Gasteiger partial charge >= 0.3 is 11.4 Å². The lowest BCUT2D eigenvalue weighted by atomic mass is 9.92. The number of methoxy groups -OCH3 is 1. The van der Waals surface area contributed by atoms with E-state index in [1.807, 2.05) is 0 Å². The van der Waals surface area contributed by atoms with Gasteiger partial charge in [-0.1, -0.05) is 6.08 Å². The maximum Gasteiger partial charge on any atom is 0.354 e. The Morgan fingerprint density at radius 3 is 2.69 bits per heavy atom. The second-order valence-electron chi connectivity index (χ2n) is 3.11. The van der Waals surface area contributed by atoms with Crippen LogP contribution in [0.2, 0.25) is 0 Å². The first-order valence-corrected chi connectivity index (χ1v) is 4.36. The van der Waals surface area contributed by atoms with Crippen LogP contribution >= 0.6 is 0 Å². The predicted octanol–water partition coefficient (Wildman–Crippen LogP) is 0.567. The number of nitro groups is 1. The zero-order valence-electron chi connectivity index (χ0n) is 8.71. The molecule has 0 radical (unpaired) electrons. The molecule has 1 aliphatic carbocycles. The van der Waals surface area contributed by atoms with Crippen molar-refractivity contribution >= 4 is 11.5 Å². The molecule has 1 atom stereocenters. The summed E-state index contributed by atoms with van der Waals surface area (Å²) < 4.78 is 4.79. The summed E-state index contributed by atoms with van der Waals surface area (Å²) in [6, 6.07) is 0. The number of Topliss-reactive ketones (excluding diaryl/α,β-unsaturated/α-hetero) is 1. The normalized spacial score (nSPS) is 19.4. The minimum atomic E-state index is -0.816. The quantitative estimate of drug-likeness (QED) is 0.301. The van der Waals surface area contributed by atoms with Gasteiger partial charge in [0.15, 0.2) is 0 Å². The number of allylic oxidation sites excluding steroid dienone is 3. The highest BCUT2D eigenvalue weighted by molar-refractivity contribution is 6.11. The average Bonchev–Trinajstić information content (AvgIpc) is 2.26. The van der Waals surface area contributed by atoms with Crippen LogP contribution in [-0.4, -0.2) is 28.3 Å². The Labute approximate surface area is 90.8 Å². The number of ketones is 1. The molecule has 7 heteroatoms. The third kappa shape index (κ3) is 1.89. The van der Waals surface area contributed by atoms with Crippen molar-refractivity contribution in [2.24, 2.45) is 5.92 Å². The number of ether oxygens (including phenoxy) is 1. The molecule has 84 valence electrons. The highest BCUT2D eigenvalue weighted by Gasteiger charge is 2.39. The highest BCUT2D eigenvalue weighted by atomic mass is 16.6. The Morgan fingerprint density at radius 2 is 2.31 bits per heavy atom. The molecule has 0 fully saturated rings. The van der Waals surface area contributed by atoms with Crippen molar-refractivity contribution in [3.63, 3.8) is 0 Å². The second kappa shape index (κ2) is 4.50. The molecule has 0 aromatic carbocycles. The van der Waals surface area contributed by atoms with Crippen LogP contribution in [0.25, 0.3) is 5.53 Å². The van der Waals surface area contributed by atoms with Crippen LogP contribution in [0.3, 0.4) is 0 Å². The lowest BCUT2D eigenvalue weighted by molar-refractivity contribution is -0.421. The van der Waals surface area contributed by atoms with E-state index in [9.17, 15) is 14.9 Å². The number of hydrogen-bond acceptors (Lipinski definition) is 4. The van der Waals surface area contributed by atoms with Gasteiger partial charge in [-0.25, -0.2) is 0 Å². The van der Waals surface area contributed by atoms with Crippen molar-refractivity contribution in [1.29, 1.82) is 0 Å². The summed E-state index contributed by atoms with van der Waals surface area (Å²) in [6.45, 7) is 1.30. The Balaban J connectivity index is 3.35. The van der Waals surface area contributed by atoms with E-state index in [0.717, 1.165) is 0 Å². The molecule has 1 rings (SSSR count). The van der Waals surface area contributed by atoms with Gasteiger partial charge in [-0.3, -0.25) is 14.9 Å². The van der Waals surface area contributed by atoms with Crippen LogP contribution in [0.1, 0.15) is 6.92 Å². The predicted molar refractivity (Wildman–Crippen MR) is 53.0 cm³/mol. The Hall–Kier alpha value is -2.27.